The molecule has 0 radical (unpaired) electrons. The Morgan fingerprint density at radius 2 is 1.44 bits per heavy atom. The van der Waals surface area contributed by atoms with Crippen molar-refractivity contribution in [3.63, 3.8) is 0 Å². The van der Waals surface area contributed by atoms with Crippen molar-refractivity contribution >= 4 is 9.24 Å². The Bertz CT molecular complexity index is 97.1. The number of rotatable bonds is 3. The highest BCUT2D eigenvalue weighted by molar-refractivity contribution is 7.22. The predicted molar refractivity (Wildman–Crippen MR) is 49.0 cm³/mol. The van der Waals surface area contributed by atoms with E-state index in [1.54, 1.807) is 10.9 Å². The summed E-state index contributed by atoms with van der Waals surface area (Å²) >= 11 is 0. The maximum Gasteiger partial charge on any atom is 0.0630 e. The van der Waals surface area contributed by atoms with Crippen LogP contribution < -0.4 is 0 Å². The summed E-state index contributed by atoms with van der Waals surface area (Å²) < 4.78 is 0. The molecule has 0 amide bonds. The Hall–Kier alpha value is 0.170. The third-order valence-electron chi connectivity index (χ3n) is 1.78. The normalized spacial score (nSPS) is 9.67. The second kappa shape index (κ2) is 4.99. The molecule has 0 fully saturated rings. The van der Waals surface area contributed by atoms with E-state index in [0.29, 0.717) is 0 Å². The minimum Gasteiger partial charge on any atom is -0.0615 e. The van der Waals surface area contributed by atoms with Gasteiger partial charge in [-0.3, -0.25) is 0 Å². The van der Waals surface area contributed by atoms with Gasteiger partial charge < -0.3 is 0 Å². The Balaban J connectivity index is 4.01. The first kappa shape index (κ1) is 9.17. The van der Waals surface area contributed by atoms with Gasteiger partial charge in [0.25, 0.3) is 0 Å². The Morgan fingerprint density at radius 1 is 1.00 bits per heavy atom. The topological polar surface area (TPSA) is 0 Å². The molecule has 54 valence electrons. The zero-order chi connectivity index (χ0) is 7.28. The predicted octanol–water partition coefficient (Wildman–Crippen LogP) is 3.08. The minimum absolute atomic E-state index is 1.23. The van der Waals surface area contributed by atoms with Crippen LogP contribution in [0.5, 0.6) is 0 Å². The Kier molecular flexibility index (Phi) is 5.09. The number of hydrogen-bond donors (Lipinski definition) is 0. The molecule has 0 aromatic heterocycles. The van der Waals surface area contributed by atoms with Crippen molar-refractivity contribution in [3.05, 3.63) is 10.9 Å². The maximum atomic E-state index is 2.24. The van der Waals surface area contributed by atoms with E-state index in [-0.39, 0.29) is 0 Å². The van der Waals surface area contributed by atoms with E-state index in [9.17, 15) is 0 Å². The van der Waals surface area contributed by atoms with Gasteiger partial charge in [0, 0.05) is 15.7 Å². The van der Waals surface area contributed by atoms with Gasteiger partial charge in [0.15, 0.2) is 0 Å². The van der Waals surface area contributed by atoms with E-state index in [1.165, 1.54) is 19.3 Å². The van der Waals surface area contributed by atoms with Gasteiger partial charge in [-0.2, -0.15) is 0 Å². The zero-order valence-electron chi connectivity index (χ0n) is 6.83. The Labute approximate surface area is 60.9 Å². The van der Waals surface area contributed by atoms with Crippen LogP contribution in [0.4, 0.5) is 0 Å². The van der Waals surface area contributed by atoms with Gasteiger partial charge >= 0.3 is 0 Å². The fraction of sp³-hybridized carbons (Fsp3) is 0.750. The van der Waals surface area contributed by atoms with Crippen molar-refractivity contribution in [1.29, 1.82) is 0 Å². The molecule has 1 heteroatoms. The van der Waals surface area contributed by atoms with Crippen molar-refractivity contribution < 1.29 is 0 Å². The Morgan fingerprint density at radius 3 is 1.56 bits per heavy atom. The van der Waals surface area contributed by atoms with Crippen molar-refractivity contribution in [2.24, 2.45) is 0 Å². The molecule has 0 heterocycles. The summed E-state index contributed by atoms with van der Waals surface area (Å²) in [5.74, 6) is 0. The molecule has 0 aliphatic carbocycles. The molecule has 0 aromatic carbocycles. The van der Waals surface area contributed by atoms with Crippen LogP contribution in [-0.4, -0.2) is 0 Å². The lowest BCUT2D eigenvalue weighted by Gasteiger charge is -1.99. The van der Waals surface area contributed by atoms with E-state index in [2.05, 4.69) is 20.8 Å². The molecule has 0 rings (SSSR count). The number of allylic oxidation sites excluding steroid dienone is 2. The highest BCUT2D eigenvalue weighted by atomic mass is 31.0. The first-order valence-electron chi connectivity index (χ1n) is 3.79. The third-order valence-corrected chi connectivity index (χ3v) is 2.78. The smallest absolute Gasteiger partial charge is 0.0615 e. The lowest BCUT2D eigenvalue weighted by molar-refractivity contribution is 0.946. The number of hydrogen-bond acceptors (Lipinski definition) is 0. The highest BCUT2D eigenvalue weighted by Gasteiger charge is 1.98. The first-order chi connectivity index (χ1) is 4.26. The molecule has 0 aliphatic heterocycles. The van der Waals surface area contributed by atoms with E-state index < -0.39 is 0 Å². The molecule has 1 unspecified atom stereocenters. The van der Waals surface area contributed by atoms with Gasteiger partial charge in [0.1, 0.15) is 0 Å². The van der Waals surface area contributed by atoms with Crippen molar-refractivity contribution in [1.82, 2.24) is 0 Å². The van der Waals surface area contributed by atoms with Gasteiger partial charge in [-0.1, -0.05) is 20.8 Å². The summed E-state index contributed by atoms with van der Waals surface area (Å²) in [5, 5.41) is 1.61. The molecule has 9 heavy (non-hydrogen) atoms. The molecule has 0 saturated carbocycles. The second-order valence-electron chi connectivity index (χ2n) is 2.27. The summed E-state index contributed by atoms with van der Waals surface area (Å²) in [4.78, 5) is 0. The zero-order valence-corrected chi connectivity index (χ0v) is 8.24. The van der Waals surface area contributed by atoms with Gasteiger partial charge in [-0.05, 0) is 18.4 Å². The summed E-state index contributed by atoms with van der Waals surface area (Å²) in [6.07, 6.45) is 3.71. The summed E-state index contributed by atoms with van der Waals surface area (Å²) in [6, 6.07) is 0. The van der Waals surface area contributed by atoms with Gasteiger partial charge in [-0.15, -0.1) is 0 Å². The van der Waals surface area contributed by atoms with Crippen LogP contribution >= 0.6 is 9.24 Å². The van der Waals surface area contributed by atoms with Crippen LogP contribution in [0, 0.1) is 0 Å². The molecular weight excluding hydrogens is 127 g/mol. The van der Waals surface area contributed by atoms with E-state index in [0.717, 1.165) is 0 Å². The average Bonchev–Trinajstić information content (AvgIpc) is 1.90. The van der Waals surface area contributed by atoms with Crippen LogP contribution in [0.3, 0.4) is 0 Å². The van der Waals surface area contributed by atoms with Gasteiger partial charge in [-0.25, -0.2) is 0 Å². The van der Waals surface area contributed by atoms with E-state index in [4.69, 9.17) is 0 Å². The fourth-order valence-electron chi connectivity index (χ4n) is 1.000. The largest absolute Gasteiger partial charge is 0.0630 e. The summed E-state index contributed by atoms with van der Waals surface area (Å²) in [5.41, 5.74) is 1.65. The molecule has 1 atom stereocenters. The average molecular weight is 145 g/mol. The molecule has 0 aliphatic rings. The SMILES string of the molecule is CCC([PH3+])=C(CC)CC. The maximum absolute atomic E-state index is 2.24. The molecule has 0 bridgehead atoms. The van der Waals surface area contributed by atoms with Crippen LogP contribution in [0.1, 0.15) is 40.0 Å². The van der Waals surface area contributed by atoms with Gasteiger partial charge in [0.05, 0.1) is 5.31 Å². The molecule has 0 saturated heterocycles. The van der Waals surface area contributed by atoms with Crippen molar-refractivity contribution in [2.45, 2.75) is 40.0 Å². The van der Waals surface area contributed by atoms with Crippen molar-refractivity contribution in [3.8, 4) is 0 Å². The summed E-state index contributed by atoms with van der Waals surface area (Å²) in [7, 11) is 2.05. The molecular formula is C8H18P+. The van der Waals surface area contributed by atoms with Crippen LogP contribution in [-0.2, 0) is 0 Å². The quantitative estimate of drug-likeness (QED) is 0.535. The molecule has 0 nitrogen and oxygen atoms in total. The van der Waals surface area contributed by atoms with Crippen LogP contribution in [0.2, 0.25) is 0 Å². The second-order valence-corrected chi connectivity index (χ2v) is 3.12. The minimum atomic E-state index is 1.23. The fourth-order valence-corrected chi connectivity index (χ4v) is 1.50. The van der Waals surface area contributed by atoms with Crippen molar-refractivity contribution in [2.75, 3.05) is 0 Å². The third kappa shape index (κ3) is 3.01. The standard InChI is InChI=1S/C8H17P/c1-4-7(5-2)8(9)6-3/h4-6,9H2,1-3H3/p+1. The van der Waals surface area contributed by atoms with Crippen LogP contribution in [0.25, 0.3) is 0 Å². The lowest BCUT2D eigenvalue weighted by Crippen LogP contribution is -1.80. The van der Waals surface area contributed by atoms with E-state index in [1.807, 2.05) is 9.24 Å². The molecule has 0 N–H and O–H groups in total. The lowest BCUT2D eigenvalue weighted by atomic mass is 10.1. The highest BCUT2D eigenvalue weighted by Crippen LogP contribution is 2.20. The molecule has 0 spiro atoms. The van der Waals surface area contributed by atoms with E-state index >= 15 is 0 Å². The van der Waals surface area contributed by atoms with Crippen LogP contribution in [0.15, 0.2) is 10.9 Å². The van der Waals surface area contributed by atoms with Gasteiger partial charge in [0.2, 0.25) is 0 Å². The first-order valence-corrected chi connectivity index (χ1v) is 4.49. The molecule has 0 aromatic rings. The summed E-state index contributed by atoms with van der Waals surface area (Å²) in [6.45, 7) is 6.71. The monoisotopic (exact) mass is 145 g/mol.